The van der Waals surface area contributed by atoms with Gasteiger partial charge in [-0.2, -0.15) is 0 Å². The van der Waals surface area contributed by atoms with Crippen molar-refractivity contribution in [2.45, 2.75) is 116 Å². The van der Waals surface area contributed by atoms with Crippen LogP contribution in [0, 0.1) is 11.8 Å². The molecule has 0 bridgehead atoms. The third-order valence-corrected chi connectivity index (χ3v) is 10.3. The minimum atomic E-state index is -0.292. The highest BCUT2D eigenvalue weighted by molar-refractivity contribution is 5.70. The summed E-state index contributed by atoms with van der Waals surface area (Å²) in [6, 6.07) is 26.1. The normalized spacial score (nSPS) is 24.3. The van der Waals surface area contributed by atoms with E-state index in [0.717, 1.165) is 37.2 Å². The van der Waals surface area contributed by atoms with Gasteiger partial charge in [-0.1, -0.05) is 123 Å². The predicted molar refractivity (Wildman–Crippen MR) is 199 cm³/mol. The lowest BCUT2D eigenvalue weighted by Gasteiger charge is -2.35. The number of unbranched alkanes of at least 4 members (excludes halogenated alkanes) is 8. The van der Waals surface area contributed by atoms with Gasteiger partial charge in [0.2, 0.25) is 0 Å². The van der Waals surface area contributed by atoms with Gasteiger partial charge in [0.25, 0.3) is 0 Å². The Labute approximate surface area is 290 Å². The molecule has 4 heteroatoms. The number of allylic oxidation sites excluding steroid dienone is 2. The minimum absolute atomic E-state index is 0.203. The smallest absolute Gasteiger partial charge is 0.184 e. The van der Waals surface area contributed by atoms with Gasteiger partial charge < -0.3 is 18.9 Å². The maximum Gasteiger partial charge on any atom is 0.184 e. The molecule has 2 unspecified atom stereocenters. The van der Waals surface area contributed by atoms with E-state index in [4.69, 9.17) is 18.9 Å². The van der Waals surface area contributed by atoms with Gasteiger partial charge in [0, 0.05) is 23.0 Å². The molecule has 6 atom stereocenters. The second kappa shape index (κ2) is 19.2. The lowest BCUT2D eigenvalue weighted by atomic mass is 9.95. The molecule has 3 aromatic rings. The Hall–Kier alpha value is -3.02. The van der Waals surface area contributed by atoms with Crippen LogP contribution in [0.15, 0.2) is 98.1 Å². The molecule has 2 aliphatic heterocycles. The zero-order chi connectivity index (χ0) is 33.6. The SMILES string of the molecule is C=CCCCCCC[C@@H]1CO[C@@H](c2ccc(-c3ccc(-c4ccc([C@@H]5OC[C@@H](CCCCCCC=C)C(C)O5)cc4)cc3)cc2)OC1C. The van der Waals surface area contributed by atoms with E-state index < -0.39 is 0 Å². The van der Waals surface area contributed by atoms with E-state index in [2.05, 4.69) is 99.8 Å². The molecule has 2 heterocycles. The molecule has 4 nitrogen and oxygen atoms in total. The second-order valence-electron chi connectivity index (χ2n) is 13.9. The molecule has 2 aliphatic rings. The van der Waals surface area contributed by atoms with Crippen LogP contribution < -0.4 is 0 Å². The van der Waals surface area contributed by atoms with Gasteiger partial charge in [-0.3, -0.25) is 0 Å². The van der Waals surface area contributed by atoms with E-state index in [1.807, 2.05) is 12.2 Å². The highest BCUT2D eigenvalue weighted by atomic mass is 16.7. The molecular formula is C44H58O4. The van der Waals surface area contributed by atoms with Crippen LogP contribution in [-0.2, 0) is 18.9 Å². The van der Waals surface area contributed by atoms with Crippen LogP contribution in [0.4, 0.5) is 0 Å². The molecule has 2 fully saturated rings. The largest absolute Gasteiger partial charge is 0.348 e. The molecule has 48 heavy (non-hydrogen) atoms. The highest BCUT2D eigenvalue weighted by Crippen LogP contribution is 2.35. The summed E-state index contributed by atoms with van der Waals surface area (Å²) in [5.74, 6) is 0.940. The maximum absolute atomic E-state index is 6.32. The number of rotatable bonds is 18. The summed E-state index contributed by atoms with van der Waals surface area (Å²) in [4.78, 5) is 0. The van der Waals surface area contributed by atoms with Crippen LogP contribution in [0.25, 0.3) is 22.3 Å². The summed E-state index contributed by atoms with van der Waals surface area (Å²) in [7, 11) is 0. The molecule has 0 aliphatic carbocycles. The van der Waals surface area contributed by atoms with Gasteiger partial charge in [0.05, 0.1) is 25.4 Å². The fourth-order valence-electron chi connectivity index (χ4n) is 6.99. The Morgan fingerprint density at radius 1 is 0.500 bits per heavy atom. The minimum Gasteiger partial charge on any atom is -0.348 e. The maximum atomic E-state index is 6.32. The van der Waals surface area contributed by atoms with Crippen LogP contribution >= 0.6 is 0 Å². The van der Waals surface area contributed by atoms with E-state index in [1.54, 1.807) is 0 Å². The summed E-state index contributed by atoms with van der Waals surface area (Å²) < 4.78 is 25.0. The molecule has 0 amide bonds. The molecule has 0 saturated carbocycles. The summed E-state index contributed by atoms with van der Waals surface area (Å²) in [6.45, 7) is 13.6. The van der Waals surface area contributed by atoms with Gasteiger partial charge in [0.15, 0.2) is 12.6 Å². The Balaban J connectivity index is 1.07. The highest BCUT2D eigenvalue weighted by Gasteiger charge is 2.30. The lowest BCUT2D eigenvalue weighted by molar-refractivity contribution is -0.237. The molecular weight excluding hydrogens is 592 g/mol. The fraction of sp³-hybridized carbons (Fsp3) is 0.500. The predicted octanol–water partition coefficient (Wildman–Crippen LogP) is 12.2. The van der Waals surface area contributed by atoms with Gasteiger partial charge in [-0.25, -0.2) is 0 Å². The van der Waals surface area contributed by atoms with Gasteiger partial charge in [0.1, 0.15) is 0 Å². The van der Waals surface area contributed by atoms with E-state index in [1.165, 1.54) is 86.5 Å². The third kappa shape index (κ3) is 10.5. The second-order valence-corrected chi connectivity index (χ2v) is 13.9. The van der Waals surface area contributed by atoms with Crippen molar-refractivity contribution in [3.05, 3.63) is 109 Å². The van der Waals surface area contributed by atoms with Crippen LogP contribution in [-0.4, -0.2) is 25.4 Å². The van der Waals surface area contributed by atoms with Crippen molar-refractivity contribution in [2.75, 3.05) is 13.2 Å². The van der Waals surface area contributed by atoms with Crippen molar-refractivity contribution in [3.8, 4) is 22.3 Å². The first-order valence-electron chi connectivity index (χ1n) is 18.6. The van der Waals surface area contributed by atoms with Crippen molar-refractivity contribution >= 4 is 0 Å². The zero-order valence-corrected chi connectivity index (χ0v) is 29.5. The average molecular weight is 651 g/mol. The number of hydrogen-bond donors (Lipinski definition) is 0. The molecule has 5 rings (SSSR count). The number of hydrogen-bond acceptors (Lipinski definition) is 4. The first kappa shape index (κ1) is 36.3. The van der Waals surface area contributed by atoms with E-state index >= 15 is 0 Å². The van der Waals surface area contributed by atoms with Gasteiger partial charge >= 0.3 is 0 Å². The van der Waals surface area contributed by atoms with Crippen molar-refractivity contribution in [1.29, 1.82) is 0 Å². The zero-order valence-electron chi connectivity index (χ0n) is 29.5. The van der Waals surface area contributed by atoms with Crippen molar-refractivity contribution in [2.24, 2.45) is 11.8 Å². The molecule has 0 spiro atoms. The average Bonchev–Trinajstić information content (AvgIpc) is 3.12. The molecule has 3 aromatic carbocycles. The Kier molecular flexibility index (Phi) is 14.5. The first-order chi connectivity index (χ1) is 23.6. The topological polar surface area (TPSA) is 36.9 Å². The molecule has 0 aromatic heterocycles. The first-order valence-corrected chi connectivity index (χ1v) is 18.6. The summed E-state index contributed by atoms with van der Waals surface area (Å²) in [5, 5.41) is 0. The summed E-state index contributed by atoms with van der Waals surface area (Å²) in [5.41, 5.74) is 6.92. The number of ether oxygens (including phenoxy) is 4. The Morgan fingerprint density at radius 2 is 0.833 bits per heavy atom. The molecule has 258 valence electrons. The third-order valence-electron chi connectivity index (χ3n) is 10.3. The summed E-state index contributed by atoms with van der Waals surface area (Å²) in [6.07, 6.45) is 18.5. The van der Waals surface area contributed by atoms with E-state index in [0.29, 0.717) is 11.8 Å². The van der Waals surface area contributed by atoms with Crippen LogP contribution in [0.5, 0.6) is 0 Å². The van der Waals surface area contributed by atoms with Crippen molar-refractivity contribution < 1.29 is 18.9 Å². The monoisotopic (exact) mass is 650 g/mol. The van der Waals surface area contributed by atoms with E-state index in [-0.39, 0.29) is 24.8 Å². The lowest BCUT2D eigenvalue weighted by Crippen LogP contribution is -2.34. The number of benzene rings is 3. The van der Waals surface area contributed by atoms with Crippen LogP contribution in [0.3, 0.4) is 0 Å². The summed E-state index contributed by atoms with van der Waals surface area (Å²) >= 11 is 0. The molecule has 0 N–H and O–H groups in total. The van der Waals surface area contributed by atoms with Crippen LogP contribution in [0.1, 0.15) is 115 Å². The standard InChI is InChI=1S/C44H58O4/c1-5-7-9-11-13-15-17-41-31-45-43(47-33(41)3)39-27-23-37(24-28-39)35-19-21-36(22-20-35)38-25-29-40(30-26-38)44-46-32-42(34(4)48-44)18-16-14-12-10-8-6-2/h5-6,19-30,33-34,41-44H,1-2,7-18,31-32H2,3-4H3/t33?,34?,41-,42-,43-,44-/m1/s1. The molecule has 2 saturated heterocycles. The fourth-order valence-corrected chi connectivity index (χ4v) is 6.99. The van der Waals surface area contributed by atoms with E-state index in [9.17, 15) is 0 Å². The van der Waals surface area contributed by atoms with Gasteiger partial charge in [-0.05, 0) is 74.6 Å². The van der Waals surface area contributed by atoms with Crippen molar-refractivity contribution in [1.82, 2.24) is 0 Å². The van der Waals surface area contributed by atoms with Gasteiger partial charge in [-0.15, -0.1) is 13.2 Å². The Morgan fingerprint density at radius 3 is 1.17 bits per heavy atom. The Bertz CT molecular complexity index is 1260. The molecule has 0 radical (unpaired) electrons. The van der Waals surface area contributed by atoms with Crippen molar-refractivity contribution in [3.63, 3.8) is 0 Å². The van der Waals surface area contributed by atoms with Crippen LogP contribution in [0.2, 0.25) is 0 Å². The quantitative estimate of drug-likeness (QED) is 0.101.